The Balaban J connectivity index is 2.38. The maximum Gasteiger partial charge on any atom is 0.335 e. The molecular formula is C13H14ClN3O3. The molecule has 0 spiro atoms. The Morgan fingerprint density at radius 1 is 1.50 bits per heavy atom. The summed E-state index contributed by atoms with van der Waals surface area (Å²) in [6.45, 7) is 2.20. The summed E-state index contributed by atoms with van der Waals surface area (Å²) in [5.41, 5.74) is 1.07. The summed E-state index contributed by atoms with van der Waals surface area (Å²) < 4.78 is 3.04. The Bertz CT molecular complexity index is 718. The first kappa shape index (κ1) is 14.3. The minimum atomic E-state index is -1.12. The second kappa shape index (κ2) is 5.50. The van der Waals surface area contributed by atoms with E-state index in [9.17, 15) is 9.59 Å². The van der Waals surface area contributed by atoms with E-state index in [1.165, 1.54) is 16.8 Å². The molecule has 1 N–H and O–H groups in total. The van der Waals surface area contributed by atoms with E-state index in [1.807, 2.05) is 6.92 Å². The van der Waals surface area contributed by atoms with E-state index < -0.39 is 5.97 Å². The summed E-state index contributed by atoms with van der Waals surface area (Å²) in [4.78, 5) is 22.7. The molecule has 2 aromatic rings. The molecule has 0 saturated heterocycles. The van der Waals surface area contributed by atoms with Crippen LogP contribution in [0.5, 0.6) is 0 Å². The quantitative estimate of drug-likeness (QED) is 0.928. The minimum Gasteiger partial charge on any atom is -0.478 e. The van der Waals surface area contributed by atoms with Crippen LogP contribution in [0, 0.1) is 0 Å². The number of aromatic nitrogens is 3. The third-order valence-corrected chi connectivity index (χ3v) is 3.50. The number of hydrogen-bond donors (Lipinski definition) is 1. The summed E-state index contributed by atoms with van der Waals surface area (Å²) >= 11 is 6.22. The molecule has 0 atom stereocenters. The molecule has 0 amide bonds. The highest BCUT2D eigenvalue weighted by Crippen LogP contribution is 2.21. The molecule has 0 fully saturated rings. The van der Waals surface area contributed by atoms with Gasteiger partial charge in [-0.2, -0.15) is 5.10 Å². The fraction of sp³-hybridized carbons (Fsp3) is 0.308. The van der Waals surface area contributed by atoms with E-state index in [0.29, 0.717) is 17.1 Å². The Morgan fingerprint density at radius 2 is 2.20 bits per heavy atom. The van der Waals surface area contributed by atoms with Crippen molar-refractivity contribution < 1.29 is 9.90 Å². The number of rotatable bonds is 4. The lowest BCUT2D eigenvalue weighted by Crippen LogP contribution is -2.22. The molecule has 6 nitrogen and oxygen atoms in total. The van der Waals surface area contributed by atoms with Gasteiger partial charge in [0.05, 0.1) is 28.5 Å². The van der Waals surface area contributed by atoms with E-state index in [0.717, 1.165) is 11.8 Å². The van der Waals surface area contributed by atoms with Gasteiger partial charge in [0.2, 0.25) is 0 Å². The number of nitrogens with zero attached hydrogens (tertiary/aromatic N) is 3. The molecule has 20 heavy (non-hydrogen) atoms. The van der Waals surface area contributed by atoms with Gasteiger partial charge in [-0.1, -0.05) is 18.5 Å². The first-order valence-electron chi connectivity index (χ1n) is 6.08. The molecule has 0 saturated carbocycles. The van der Waals surface area contributed by atoms with Crippen molar-refractivity contribution in [1.29, 1.82) is 0 Å². The molecule has 0 aromatic carbocycles. The number of carbonyl (C=O) groups is 1. The predicted octanol–water partition coefficient (Wildman–Crippen LogP) is 1.54. The van der Waals surface area contributed by atoms with Gasteiger partial charge >= 0.3 is 5.97 Å². The van der Waals surface area contributed by atoms with Crippen LogP contribution >= 0.6 is 11.6 Å². The van der Waals surface area contributed by atoms with Gasteiger partial charge in [0.25, 0.3) is 5.56 Å². The molecule has 106 valence electrons. The van der Waals surface area contributed by atoms with Gasteiger partial charge < -0.3 is 9.67 Å². The Hall–Kier alpha value is -2.08. The predicted molar refractivity (Wildman–Crippen MR) is 74.4 cm³/mol. The fourth-order valence-corrected chi connectivity index (χ4v) is 2.28. The molecule has 7 heteroatoms. The Morgan fingerprint density at radius 3 is 2.70 bits per heavy atom. The first-order valence-corrected chi connectivity index (χ1v) is 6.45. The maximum absolute atomic E-state index is 11.9. The largest absolute Gasteiger partial charge is 0.478 e. The highest BCUT2D eigenvalue weighted by Gasteiger charge is 2.14. The van der Waals surface area contributed by atoms with Crippen LogP contribution in [0.1, 0.15) is 28.7 Å². The highest BCUT2D eigenvalue weighted by atomic mass is 35.5. The SMILES string of the molecule is CCc1nn(C)c(Cn2ccc(C(=O)O)cc2=O)c1Cl. The van der Waals surface area contributed by atoms with Crippen molar-refractivity contribution in [2.24, 2.45) is 7.05 Å². The van der Waals surface area contributed by atoms with E-state index >= 15 is 0 Å². The smallest absolute Gasteiger partial charge is 0.335 e. The second-order valence-electron chi connectivity index (χ2n) is 4.37. The van der Waals surface area contributed by atoms with Crippen molar-refractivity contribution in [2.75, 3.05) is 0 Å². The van der Waals surface area contributed by atoms with Crippen LogP contribution in [0.25, 0.3) is 0 Å². The van der Waals surface area contributed by atoms with Crippen LogP contribution < -0.4 is 5.56 Å². The average molecular weight is 296 g/mol. The number of aromatic carboxylic acids is 1. The van der Waals surface area contributed by atoms with Crippen LogP contribution in [0.2, 0.25) is 5.02 Å². The van der Waals surface area contributed by atoms with Crippen LogP contribution in [-0.2, 0) is 20.0 Å². The standard InChI is InChI=1S/C13H14ClN3O3/c1-3-9-12(14)10(16(2)15-9)7-17-5-4-8(13(19)20)6-11(17)18/h4-6H,3,7H2,1-2H3,(H,19,20). The molecule has 0 aliphatic carbocycles. The Labute approximate surface area is 120 Å². The van der Waals surface area contributed by atoms with Crippen LogP contribution in [-0.4, -0.2) is 25.4 Å². The van der Waals surface area contributed by atoms with Crippen molar-refractivity contribution in [3.05, 3.63) is 50.7 Å². The summed E-state index contributed by atoms with van der Waals surface area (Å²) in [7, 11) is 1.76. The Kier molecular flexibility index (Phi) is 3.94. The van der Waals surface area contributed by atoms with Gasteiger partial charge in [-0.15, -0.1) is 0 Å². The topological polar surface area (TPSA) is 77.1 Å². The van der Waals surface area contributed by atoms with E-state index in [4.69, 9.17) is 16.7 Å². The van der Waals surface area contributed by atoms with Crippen molar-refractivity contribution in [3.63, 3.8) is 0 Å². The first-order chi connectivity index (χ1) is 9.43. The van der Waals surface area contributed by atoms with Crippen molar-refractivity contribution in [1.82, 2.24) is 14.3 Å². The summed E-state index contributed by atoms with van der Waals surface area (Å²) in [6.07, 6.45) is 2.15. The number of halogens is 1. The fourth-order valence-electron chi connectivity index (χ4n) is 1.92. The summed E-state index contributed by atoms with van der Waals surface area (Å²) in [5, 5.41) is 13.7. The van der Waals surface area contributed by atoms with Crippen molar-refractivity contribution in [3.8, 4) is 0 Å². The number of carboxylic acids is 1. The number of carboxylic acid groups (broad SMARTS) is 1. The zero-order valence-electron chi connectivity index (χ0n) is 11.1. The molecule has 0 aliphatic heterocycles. The van der Waals surface area contributed by atoms with Gasteiger partial charge in [-0.3, -0.25) is 9.48 Å². The lowest BCUT2D eigenvalue weighted by molar-refractivity contribution is 0.0696. The normalized spacial score (nSPS) is 10.8. The summed E-state index contributed by atoms with van der Waals surface area (Å²) in [5.74, 6) is -1.12. The molecular weight excluding hydrogens is 282 g/mol. The van der Waals surface area contributed by atoms with Crippen LogP contribution in [0.4, 0.5) is 0 Å². The molecule has 0 bridgehead atoms. The molecule has 0 radical (unpaired) electrons. The van der Waals surface area contributed by atoms with E-state index in [-0.39, 0.29) is 17.7 Å². The lowest BCUT2D eigenvalue weighted by atomic mass is 10.2. The zero-order chi connectivity index (χ0) is 14.9. The molecule has 2 aromatic heterocycles. The van der Waals surface area contributed by atoms with E-state index in [2.05, 4.69) is 5.10 Å². The van der Waals surface area contributed by atoms with Gasteiger partial charge in [0.1, 0.15) is 0 Å². The minimum absolute atomic E-state index is 0.0309. The average Bonchev–Trinajstić information content (AvgIpc) is 2.67. The van der Waals surface area contributed by atoms with Gasteiger partial charge in [0.15, 0.2) is 0 Å². The van der Waals surface area contributed by atoms with Gasteiger partial charge in [-0.05, 0) is 12.5 Å². The number of pyridine rings is 1. The van der Waals surface area contributed by atoms with Crippen molar-refractivity contribution >= 4 is 17.6 Å². The molecule has 2 heterocycles. The summed E-state index contributed by atoms with van der Waals surface area (Å²) in [6, 6.07) is 2.47. The molecule has 0 unspecified atom stereocenters. The third kappa shape index (κ3) is 2.60. The van der Waals surface area contributed by atoms with Gasteiger partial charge in [0, 0.05) is 19.3 Å². The zero-order valence-corrected chi connectivity index (χ0v) is 11.9. The lowest BCUT2D eigenvalue weighted by Gasteiger charge is -2.07. The maximum atomic E-state index is 11.9. The van der Waals surface area contributed by atoms with Crippen LogP contribution in [0.15, 0.2) is 23.1 Å². The van der Waals surface area contributed by atoms with Gasteiger partial charge in [-0.25, -0.2) is 4.79 Å². The highest BCUT2D eigenvalue weighted by molar-refractivity contribution is 6.31. The van der Waals surface area contributed by atoms with Crippen LogP contribution in [0.3, 0.4) is 0 Å². The van der Waals surface area contributed by atoms with Crippen molar-refractivity contribution in [2.45, 2.75) is 19.9 Å². The molecule has 0 aliphatic rings. The third-order valence-electron chi connectivity index (χ3n) is 3.07. The monoisotopic (exact) mass is 295 g/mol. The van der Waals surface area contributed by atoms with E-state index in [1.54, 1.807) is 11.7 Å². The number of hydrogen-bond acceptors (Lipinski definition) is 3. The number of aryl methyl sites for hydroxylation is 2. The second-order valence-corrected chi connectivity index (χ2v) is 4.75. The molecule has 2 rings (SSSR count).